The van der Waals surface area contributed by atoms with Crippen molar-refractivity contribution in [2.45, 2.75) is 18.8 Å². The number of ketones is 1. The number of hydrogen-bond acceptors (Lipinski definition) is 5. The highest BCUT2D eigenvalue weighted by molar-refractivity contribution is 6.15. The molecule has 4 rings (SSSR count). The third-order valence-corrected chi connectivity index (χ3v) is 5.81. The Bertz CT molecular complexity index is 986. The first-order chi connectivity index (χ1) is 14.6. The molecule has 0 spiro atoms. The van der Waals surface area contributed by atoms with Crippen molar-refractivity contribution in [3.63, 3.8) is 0 Å². The topological polar surface area (TPSA) is 48.0 Å². The van der Waals surface area contributed by atoms with Gasteiger partial charge in [-0.3, -0.25) is 4.79 Å². The SMILES string of the molecule is COc1cc(OC)c(C2CCN(C)CC2)c2c1C(=O)/C(=C\C=C\c1ccccc1)O2. The predicted octanol–water partition coefficient (Wildman–Crippen LogP) is 4.69. The Kier molecular flexibility index (Phi) is 5.91. The van der Waals surface area contributed by atoms with E-state index in [1.54, 1.807) is 20.3 Å². The lowest BCUT2D eigenvalue weighted by Gasteiger charge is -2.30. The summed E-state index contributed by atoms with van der Waals surface area (Å²) in [6.07, 6.45) is 7.50. The highest BCUT2D eigenvalue weighted by Crippen LogP contribution is 2.50. The minimum atomic E-state index is -0.156. The summed E-state index contributed by atoms with van der Waals surface area (Å²) in [7, 11) is 5.34. The number of carbonyl (C=O) groups is 1. The third kappa shape index (κ3) is 3.85. The average molecular weight is 405 g/mol. The van der Waals surface area contributed by atoms with E-state index in [1.807, 2.05) is 48.6 Å². The van der Waals surface area contributed by atoms with Gasteiger partial charge in [0.25, 0.3) is 0 Å². The van der Waals surface area contributed by atoms with Crippen LogP contribution in [0.4, 0.5) is 0 Å². The van der Waals surface area contributed by atoms with Crippen LogP contribution in [-0.2, 0) is 0 Å². The molecular formula is C25H27NO4. The number of Topliss-reactive ketones (excluding diaryl/α,β-unsaturated/α-hetero) is 1. The van der Waals surface area contributed by atoms with Crippen LogP contribution in [0.5, 0.6) is 17.2 Å². The highest BCUT2D eigenvalue weighted by atomic mass is 16.5. The number of methoxy groups -OCH3 is 2. The zero-order valence-corrected chi connectivity index (χ0v) is 17.7. The number of piperidine rings is 1. The van der Waals surface area contributed by atoms with E-state index < -0.39 is 0 Å². The van der Waals surface area contributed by atoms with Gasteiger partial charge in [-0.15, -0.1) is 0 Å². The van der Waals surface area contributed by atoms with Crippen molar-refractivity contribution in [3.8, 4) is 17.2 Å². The molecule has 1 fully saturated rings. The van der Waals surface area contributed by atoms with Gasteiger partial charge in [-0.2, -0.15) is 0 Å². The largest absolute Gasteiger partial charge is 0.496 e. The molecule has 0 radical (unpaired) electrons. The van der Waals surface area contributed by atoms with Gasteiger partial charge >= 0.3 is 0 Å². The minimum Gasteiger partial charge on any atom is -0.496 e. The molecule has 0 saturated carbocycles. The van der Waals surface area contributed by atoms with E-state index >= 15 is 0 Å². The molecule has 0 N–H and O–H groups in total. The van der Waals surface area contributed by atoms with Gasteiger partial charge < -0.3 is 19.1 Å². The summed E-state index contributed by atoms with van der Waals surface area (Å²) in [6.45, 7) is 2.01. The van der Waals surface area contributed by atoms with Gasteiger partial charge in [0, 0.05) is 11.6 Å². The summed E-state index contributed by atoms with van der Waals surface area (Å²) < 4.78 is 17.3. The van der Waals surface area contributed by atoms with E-state index in [1.165, 1.54) is 0 Å². The number of hydrogen-bond donors (Lipinski definition) is 0. The Morgan fingerprint density at radius 1 is 1.07 bits per heavy atom. The Morgan fingerprint density at radius 3 is 2.43 bits per heavy atom. The van der Waals surface area contributed by atoms with Crippen LogP contribution >= 0.6 is 0 Å². The lowest BCUT2D eigenvalue weighted by Crippen LogP contribution is -2.29. The second-order valence-electron chi connectivity index (χ2n) is 7.71. The maximum Gasteiger partial charge on any atom is 0.235 e. The van der Waals surface area contributed by atoms with Gasteiger partial charge in [0.1, 0.15) is 22.8 Å². The normalized spacial score (nSPS) is 18.6. The maximum absolute atomic E-state index is 13.1. The fourth-order valence-electron chi connectivity index (χ4n) is 4.16. The second kappa shape index (κ2) is 8.76. The quantitative estimate of drug-likeness (QED) is 0.676. The molecule has 2 aromatic rings. The molecular weight excluding hydrogens is 378 g/mol. The first-order valence-corrected chi connectivity index (χ1v) is 10.3. The van der Waals surface area contributed by atoms with Gasteiger partial charge in [-0.25, -0.2) is 0 Å². The van der Waals surface area contributed by atoms with Crippen LogP contribution in [-0.4, -0.2) is 45.0 Å². The van der Waals surface area contributed by atoms with Gasteiger partial charge in [0.2, 0.25) is 5.78 Å². The fourth-order valence-corrected chi connectivity index (χ4v) is 4.16. The van der Waals surface area contributed by atoms with Crippen molar-refractivity contribution in [3.05, 3.63) is 71.0 Å². The molecule has 5 heteroatoms. The summed E-state index contributed by atoms with van der Waals surface area (Å²) in [4.78, 5) is 15.5. The summed E-state index contributed by atoms with van der Waals surface area (Å²) >= 11 is 0. The molecule has 0 amide bonds. The van der Waals surface area contributed by atoms with E-state index in [0.717, 1.165) is 37.1 Å². The Hall–Kier alpha value is -3.05. The first kappa shape index (κ1) is 20.2. The predicted molar refractivity (Wildman–Crippen MR) is 118 cm³/mol. The molecule has 2 aliphatic rings. The summed E-state index contributed by atoms with van der Waals surface area (Å²) in [5.41, 5.74) is 2.53. The van der Waals surface area contributed by atoms with Crippen LogP contribution in [0.1, 0.15) is 40.2 Å². The van der Waals surface area contributed by atoms with Crippen molar-refractivity contribution in [1.82, 2.24) is 4.90 Å². The number of rotatable bonds is 5. The highest BCUT2D eigenvalue weighted by Gasteiger charge is 2.38. The van der Waals surface area contributed by atoms with Crippen molar-refractivity contribution in [1.29, 1.82) is 0 Å². The summed E-state index contributed by atoms with van der Waals surface area (Å²) in [5, 5.41) is 0. The molecule has 2 aliphatic heterocycles. The molecule has 156 valence electrons. The molecule has 0 atom stereocenters. The molecule has 1 saturated heterocycles. The van der Waals surface area contributed by atoms with E-state index in [2.05, 4.69) is 11.9 Å². The Morgan fingerprint density at radius 2 is 1.77 bits per heavy atom. The number of benzene rings is 2. The van der Waals surface area contributed by atoms with Crippen LogP contribution in [0.2, 0.25) is 0 Å². The molecule has 0 aliphatic carbocycles. The smallest absolute Gasteiger partial charge is 0.235 e. The molecule has 0 aromatic heterocycles. The zero-order valence-electron chi connectivity index (χ0n) is 17.7. The molecule has 2 heterocycles. The summed E-state index contributed by atoms with van der Waals surface area (Å²) in [5.74, 6) is 2.22. The van der Waals surface area contributed by atoms with Crippen molar-refractivity contribution in [2.75, 3.05) is 34.4 Å². The average Bonchev–Trinajstić information content (AvgIpc) is 3.10. The number of allylic oxidation sites excluding steroid dienone is 3. The number of likely N-dealkylation sites (tertiary alicyclic amines) is 1. The van der Waals surface area contributed by atoms with Crippen LogP contribution in [0.25, 0.3) is 6.08 Å². The van der Waals surface area contributed by atoms with Crippen molar-refractivity contribution in [2.24, 2.45) is 0 Å². The third-order valence-electron chi connectivity index (χ3n) is 5.81. The van der Waals surface area contributed by atoms with Gasteiger partial charge in [-0.05, 0) is 50.5 Å². The van der Waals surface area contributed by atoms with Gasteiger partial charge in [0.05, 0.1) is 14.2 Å². The second-order valence-corrected chi connectivity index (χ2v) is 7.71. The van der Waals surface area contributed by atoms with Gasteiger partial charge in [0.15, 0.2) is 5.76 Å². The lowest BCUT2D eigenvalue weighted by molar-refractivity contribution is 0.101. The molecule has 5 nitrogen and oxygen atoms in total. The van der Waals surface area contributed by atoms with E-state index in [4.69, 9.17) is 14.2 Å². The fraction of sp³-hybridized carbons (Fsp3) is 0.320. The van der Waals surface area contributed by atoms with Gasteiger partial charge in [-0.1, -0.05) is 42.5 Å². The van der Waals surface area contributed by atoms with E-state index in [-0.39, 0.29) is 11.7 Å². The van der Waals surface area contributed by atoms with Crippen LogP contribution < -0.4 is 14.2 Å². The standard InChI is InChI=1S/C25H27NO4/c1-26-14-12-18(13-15-26)22-20(28-2)16-21(29-3)23-24(27)19(30-25(22)23)11-7-10-17-8-5-4-6-9-17/h4-11,16,18H,12-15H2,1-3H3/b10-7+,19-11+. The molecule has 2 aromatic carbocycles. The molecule has 30 heavy (non-hydrogen) atoms. The monoisotopic (exact) mass is 405 g/mol. The number of nitrogens with zero attached hydrogens (tertiary/aromatic N) is 1. The zero-order chi connectivity index (χ0) is 21.1. The molecule has 0 bridgehead atoms. The first-order valence-electron chi connectivity index (χ1n) is 10.3. The van der Waals surface area contributed by atoms with Crippen LogP contribution in [0.15, 0.2) is 54.3 Å². The minimum absolute atomic E-state index is 0.156. The Labute approximate surface area is 177 Å². The Balaban J connectivity index is 1.71. The van der Waals surface area contributed by atoms with E-state index in [0.29, 0.717) is 28.6 Å². The lowest BCUT2D eigenvalue weighted by atomic mass is 9.86. The van der Waals surface area contributed by atoms with Crippen molar-refractivity contribution < 1.29 is 19.0 Å². The summed E-state index contributed by atoms with van der Waals surface area (Å²) in [6, 6.07) is 11.8. The molecule has 0 unspecified atom stereocenters. The maximum atomic E-state index is 13.1. The van der Waals surface area contributed by atoms with Crippen molar-refractivity contribution >= 4 is 11.9 Å². The van der Waals surface area contributed by atoms with E-state index in [9.17, 15) is 4.79 Å². The van der Waals surface area contributed by atoms with Crippen LogP contribution in [0, 0.1) is 0 Å². The van der Waals surface area contributed by atoms with Crippen LogP contribution in [0.3, 0.4) is 0 Å². The number of ether oxygens (including phenoxy) is 3. The number of fused-ring (bicyclic) bond motifs is 1. The number of carbonyl (C=O) groups excluding carboxylic acids is 1.